The van der Waals surface area contributed by atoms with Crippen LogP contribution in [0.3, 0.4) is 0 Å². The van der Waals surface area contributed by atoms with Crippen LogP contribution in [-0.2, 0) is 10.2 Å². The average Bonchev–Trinajstić information content (AvgIpc) is 2.57. The number of guanidine groups is 1. The molecule has 1 aromatic rings. The zero-order chi connectivity index (χ0) is 20.9. The van der Waals surface area contributed by atoms with Crippen LogP contribution in [-0.4, -0.2) is 42.3 Å². The van der Waals surface area contributed by atoms with E-state index in [0.29, 0.717) is 0 Å². The predicted octanol–water partition coefficient (Wildman–Crippen LogP) is 0.744. The van der Waals surface area contributed by atoms with Gasteiger partial charge in [0.2, 0.25) is 5.96 Å². The second-order valence-corrected chi connectivity index (χ2v) is 8.56. The van der Waals surface area contributed by atoms with Gasteiger partial charge in [-0.2, -0.15) is 18.1 Å². The summed E-state index contributed by atoms with van der Waals surface area (Å²) in [6, 6.07) is -0.149. The van der Waals surface area contributed by atoms with Crippen molar-refractivity contribution in [2.75, 3.05) is 11.1 Å². The SMILES string of the molecule is CC(C)Nc1nc(N)c(C(=O)/N=C(/N)NS(=O)(=O)NC2CCCCC2)nc1Cl. The molecule has 0 aromatic carbocycles. The Hall–Kier alpha value is -2.18. The fourth-order valence-electron chi connectivity index (χ4n) is 2.74. The van der Waals surface area contributed by atoms with Crippen molar-refractivity contribution in [3.63, 3.8) is 0 Å². The lowest BCUT2D eigenvalue weighted by atomic mass is 9.96. The number of carbonyl (C=O) groups excluding carboxylic acids is 1. The molecule has 0 aliphatic heterocycles. The van der Waals surface area contributed by atoms with Gasteiger partial charge in [0.15, 0.2) is 22.5 Å². The van der Waals surface area contributed by atoms with Crippen LogP contribution in [0.2, 0.25) is 5.15 Å². The van der Waals surface area contributed by atoms with Crippen LogP contribution in [0.1, 0.15) is 56.4 Å². The fourth-order valence-corrected chi connectivity index (χ4v) is 3.98. The van der Waals surface area contributed by atoms with E-state index < -0.39 is 22.1 Å². The number of rotatable bonds is 6. The van der Waals surface area contributed by atoms with E-state index in [4.69, 9.17) is 23.1 Å². The molecule has 7 N–H and O–H groups in total. The van der Waals surface area contributed by atoms with Gasteiger partial charge in [-0.25, -0.2) is 14.7 Å². The van der Waals surface area contributed by atoms with E-state index in [9.17, 15) is 13.2 Å². The number of halogens is 1. The first-order valence-corrected chi connectivity index (χ1v) is 10.7. The molecule has 1 aliphatic carbocycles. The molecule has 0 atom stereocenters. The van der Waals surface area contributed by atoms with Crippen molar-refractivity contribution in [1.29, 1.82) is 0 Å². The second kappa shape index (κ2) is 9.34. The van der Waals surface area contributed by atoms with E-state index in [2.05, 4.69) is 25.0 Å². The molecular weight excluding hydrogens is 408 g/mol. The highest BCUT2D eigenvalue weighted by molar-refractivity contribution is 7.88. The van der Waals surface area contributed by atoms with Crippen molar-refractivity contribution >= 4 is 45.3 Å². The molecule has 28 heavy (non-hydrogen) atoms. The summed E-state index contributed by atoms with van der Waals surface area (Å²) in [6.45, 7) is 3.73. The Morgan fingerprint density at radius 3 is 2.50 bits per heavy atom. The van der Waals surface area contributed by atoms with Crippen molar-refractivity contribution in [3.05, 3.63) is 10.8 Å². The number of aromatic nitrogens is 2. The molecule has 0 unspecified atom stereocenters. The Balaban J connectivity index is 2.09. The number of amides is 1. The Bertz CT molecular complexity index is 853. The summed E-state index contributed by atoms with van der Waals surface area (Å²) in [5.41, 5.74) is 11.0. The van der Waals surface area contributed by atoms with Gasteiger partial charge in [-0.3, -0.25) is 4.79 Å². The number of aliphatic imine (C=N–C) groups is 1. The zero-order valence-electron chi connectivity index (χ0n) is 15.7. The van der Waals surface area contributed by atoms with Gasteiger partial charge in [-0.1, -0.05) is 30.9 Å². The van der Waals surface area contributed by atoms with E-state index in [-0.39, 0.29) is 34.6 Å². The Kier molecular flexibility index (Phi) is 7.38. The number of anilines is 2. The lowest BCUT2D eigenvalue weighted by molar-refractivity contribution is 0.0998. The van der Waals surface area contributed by atoms with Crippen LogP contribution in [0.25, 0.3) is 0 Å². The number of carbonyl (C=O) groups is 1. The molecule has 13 heteroatoms. The standard InChI is InChI=1S/C15H25ClN8O3S/c1-8(2)19-13-11(16)20-10(12(17)21-13)14(25)22-15(18)24-28(26,27)23-9-6-4-3-5-7-9/h8-9,23H,3-7H2,1-2H3,(H3,17,19,21)(H3,18,22,24,25). The molecule has 1 heterocycles. The first-order valence-electron chi connectivity index (χ1n) is 8.85. The van der Waals surface area contributed by atoms with Crippen molar-refractivity contribution in [3.8, 4) is 0 Å². The molecule has 0 bridgehead atoms. The minimum absolute atomic E-state index is 0.0208. The monoisotopic (exact) mass is 432 g/mol. The fraction of sp³-hybridized carbons (Fsp3) is 0.600. The molecule has 1 fully saturated rings. The van der Waals surface area contributed by atoms with Crippen LogP contribution < -0.4 is 26.2 Å². The summed E-state index contributed by atoms with van der Waals surface area (Å²) >= 11 is 6.00. The van der Waals surface area contributed by atoms with Crippen LogP contribution in [0.4, 0.5) is 11.6 Å². The first-order chi connectivity index (χ1) is 13.1. The van der Waals surface area contributed by atoms with E-state index >= 15 is 0 Å². The molecule has 1 aromatic heterocycles. The van der Waals surface area contributed by atoms with E-state index in [1.807, 2.05) is 18.6 Å². The van der Waals surface area contributed by atoms with Crippen molar-refractivity contribution in [1.82, 2.24) is 19.4 Å². The number of nitrogen functional groups attached to an aromatic ring is 1. The summed E-state index contributed by atoms with van der Waals surface area (Å²) in [6.07, 6.45) is 4.49. The highest BCUT2D eigenvalue weighted by Crippen LogP contribution is 2.21. The number of hydrogen-bond acceptors (Lipinski definition) is 7. The third kappa shape index (κ3) is 6.46. The Labute approximate surface area is 168 Å². The number of nitrogens with zero attached hydrogens (tertiary/aromatic N) is 3. The molecule has 1 amide bonds. The van der Waals surface area contributed by atoms with Crippen molar-refractivity contribution in [2.24, 2.45) is 10.7 Å². The highest BCUT2D eigenvalue weighted by Gasteiger charge is 2.22. The summed E-state index contributed by atoms with van der Waals surface area (Å²) in [7, 11) is -3.96. The second-order valence-electron chi connectivity index (χ2n) is 6.76. The van der Waals surface area contributed by atoms with Gasteiger partial charge in [0.25, 0.3) is 0 Å². The maximum atomic E-state index is 12.3. The summed E-state index contributed by atoms with van der Waals surface area (Å²) < 4.78 is 28.7. The minimum atomic E-state index is -3.96. The Morgan fingerprint density at radius 2 is 1.89 bits per heavy atom. The smallest absolute Gasteiger partial charge is 0.302 e. The van der Waals surface area contributed by atoms with Gasteiger partial charge in [-0.15, -0.1) is 0 Å². The van der Waals surface area contributed by atoms with Crippen LogP contribution in [0.15, 0.2) is 4.99 Å². The molecular formula is C15H25ClN8O3S. The molecule has 0 radical (unpaired) electrons. The van der Waals surface area contributed by atoms with Crippen molar-refractivity contribution in [2.45, 2.75) is 58.0 Å². The molecule has 1 saturated carbocycles. The molecule has 0 spiro atoms. The van der Waals surface area contributed by atoms with Gasteiger partial charge in [0, 0.05) is 12.1 Å². The topological polar surface area (TPSA) is 177 Å². The minimum Gasteiger partial charge on any atom is -0.382 e. The normalized spacial score (nSPS) is 16.2. The third-order valence-corrected chi connectivity index (χ3v) is 5.28. The third-order valence-electron chi connectivity index (χ3n) is 3.90. The average molecular weight is 433 g/mol. The quantitative estimate of drug-likeness (QED) is 0.322. The van der Waals surface area contributed by atoms with E-state index in [0.717, 1.165) is 32.1 Å². The molecule has 0 saturated heterocycles. The molecule has 156 valence electrons. The van der Waals surface area contributed by atoms with Gasteiger partial charge < -0.3 is 16.8 Å². The first kappa shape index (κ1) is 22.1. The Morgan fingerprint density at radius 1 is 1.25 bits per heavy atom. The molecule has 2 rings (SSSR count). The number of nitrogens with one attached hydrogen (secondary N) is 3. The van der Waals surface area contributed by atoms with Gasteiger partial charge >= 0.3 is 16.1 Å². The van der Waals surface area contributed by atoms with Crippen LogP contribution in [0, 0.1) is 0 Å². The van der Waals surface area contributed by atoms with E-state index in [1.54, 1.807) is 0 Å². The van der Waals surface area contributed by atoms with Crippen LogP contribution in [0.5, 0.6) is 0 Å². The maximum absolute atomic E-state index is 12.3. The van der Waals surface area contributed by atoms with Crippen LogP contribution >= 0.6 is 11.6 Å². The largest absolute Gasteiger partial charge is 0.382 e. The maximum Gasteiger partial charge on any atom is 0.302 e. The van der Waals surface area contributed by atoms with Gasteiger partial charge in [0.05, 0.1) is 0 Å². The predicted molar refractivity (Wildman–Crippen MR) is 108 cm³/mol. The summed E-state index contributed by atoms with van der Waals surface area (Å²) in [4.78, 5) is 23.6. The molecule has 1 aliphatic rings. The van der Waals surface area contributed by atoms with Gasteiger partial charge in [0.1, 0.15) is 0 Å². The highest BCUT2D eigenvalue weighted by atomic mass is 35.5. The lowest BCUT2D eigenvalue weighted by Gasteiger charge is -2.22. The van der Waals surface area contributed by atoms with Gasteiger partial charge in [-0.05, 0) is 26.7 Å². The summed E-state index contributed by atoms with van der Waals surface area (Å²) in [5.74, 6) is -1.58. The zero-order valence-corrected chi connectivity index (χ0v) is 17.3. The number of nitrogens with two attached hydrogens (primary N) is 2. The molecule has 11 nitrogen and oxygen atoms in total. The lowest BCUT2D eigenvalue weighted by Crippen LogP contribution is -2.48. The van der Waals surface area contributed by atoms with E-state index in [1.165, 1.54) is 0 Å². The van der Waals surface area contributed by atoms with Crippen molar-refractivity contribution < 1.29 is 13.2 Å². The number of hydrogen-bond donors (Lipinski definition) is 5. The summed E-state index contributed by atoms with van der Waals surface area (Å²) in [5, 5.41) is 2.86.